The molecule has 4 nitrogen and oxygen atoms in total. The topological polar surface area (TPSA) is 53.1 Å². The van der Waals surface area contributed by atoms with Crippen molar-refractivity contribution < 1.29 is 4.74 Å². The van der Waals surface area contributed by atoms with Gasteiger partial charge in [-0.15, -0.1) is 11.3 Å². The molecule has 2 heterocycles. The Balaban J connectivity index is 2.29. The van der Waals surface area contributed by atoms with Gasteiger partial charge in [0.15, 0.2) is 0 Å². The number of rotatable bonds is 3. The first-order chi connectivity index (χ1) is 9.20. The first kappa shape index (κ1) is 12.2. The predicted molar refractivity (Wildman–Crippen MR) is 79.2 cm³/mol. The molecule has 0 fully saturated rings. The van der Waals surface area contributed by atoms with Crippen LogP contribution in [0.15, 0.2) is 30.5 Å². The highest BCUT2D eigenvalue weighted by molar-refractivity contribution is 7.14. The maximum Gasteiger partial charge on any atom is 0.140 e. The number of methoxy groups -OCH3 is 1. The Morgan fingerprint density at radius 1 is 1.42 bits per heavy atom. The molecule has 98 valence electrons. The van der Waals surface area contributed by atoms with E-state index < -0.39 is 0 Å². The molecule has 0 spiro atoms. The molecule has 5 heteroatoms. The highest BCUT2D eigenvalue weighted by Gasteiger charge is 2.14. The Morgan fingerprint density at radius 3 is 2.95 bits per heavy atom. The maximum absolute atomic E-state index is 6.09. The molecule has 0 unspecified atom stereocenters. The second-order valence-corrected chi connectivity index (χ2v) is 5.67. The zero-order valence-corrected chi connectivity index (χ0v) is 11.7. The molecule has 0 aliphatic rings. The normalized spacial score (nSPS) is 11.3. The molecule has 0 aliphatic heterocycles. The van der Waals surface area contributed by atoms with E-state index in [1.54, 1.807) is 18.4 Å². The minimum absolute atomic E-state index is 0.464. The second kappa shape index (κ2) is 4.68. The van der Waals surface area contributed by atoms with Gasteiger partial charge in [-0.25, -0.2) is 4.98 Å². The molecule has 3 rings (SSSR count). The summed E-state index contributed by atoms with van der Waals surface area (Å²) in [6.07, 6.45) is 1.89. The molecule has 2 N–H and O–H groups in total. The summed E-state index contributed by atoms with van der Waals surface area (Å²) in [5.41, 5.74) is 8.90. The van der Waals surface area contributed by atoms with Crippen LogP contribution in [0.25, 0.3) is 21.6 Å². The van der Waals surface area contributed by atoms with Crippen LogP contribution in [0.4, 0.5) is 5.69 Å². The summed E-state index contributed by atoms with van der Waals surface area (Å²) in [5, 5.41) is 2.10. The lowest BCUT2D eigenvalue weighted by atomic mass is 10.2. The lowest BCUT2D eigenvalue weighted by Crippen LogP contribution is -2.03. The summed E-state index contributed by atoms with van der Waals surface area (Å²) in [5.74, 6) is 0. The predicted octanol–water partition coefficient (Wildman–Crippen LogP) is 3.26. The Kier molecular flexibility index (Phi) is 3.00. The number of aromatic nitrogens is 2. The fraction of sp³-hybridized carbons (Fsp3) is 0.214. The number of anilines is 1. The first-order valence-electron chi connectivity index (χ1n) is 6.00. The molecule has 0 saturated carbocycles. The summed E-state index contributed by atoms with van der Waals surface area (Å²) in [6, 6.07) is 8.04. The molecule has 1 aromatic carbocycles. The van der Waals surface area contributed by atoms with Crippen molar-refractivity contribution in [3.05, 3.63) is 35.3 Å². The van der Waals surface area contributed by atoms with E-state index in [0.717, 1.165) is 27.3 Å². The van der Waals surface area contributed by atoms with Crippen LogP contribution in [0.1, 0.15) is 4.88 Å². The highest BCUT2D eigenvalue weighted by atomic mass is 32.1. The zero-order chi connectivity index (χ0) is 13.4. The van der Waals surface area contributed by atoms with E-state index in [9.17, 15) is 0 Å². The fourth-order valence-corrected chi connectivity index (χ4v) is 3.06. The SMILES string of the molecule is COCn1c(-c2ncc(C)s2)cc2cccc(N)c21. The van der Waals surface area contributed by atoms with Gasteiger partial charge in [0.05, 0.1) is 16.9 Å². The third-order valence-corrected chi connectivity index (χ3v) is 3.99. The van der Waals surface area contributed by atoms with Crippen LogP contribution in [0.5, 0.6) is 0 Å². The monoisotopic (exact) mass is 273 g/mol. The van der Waals surface area contributed by atoms with Gasteiger partial charge in [0, 0.05) is 23.6 Å². The van der Waals surface area contributed by atoms with Crippen LogP contribution in [0.3, 0.4) is 0 Å². The number of hydrogen-bond donors (Lipinski definition) is 1. The number of thiazole rings is 1. The van der Waals surface area contributed by atoms with Gasteiger partial charge in [-0.05, 0) is 19.1 Å². The van der Waals surface area contributed by atoms with Crippen molar-refractivity contribution in [3.8, 4) is 10.7 Å². The van der Waals surface area contributed by atoms with Gasteiger partial charge in [0.1, 0.15) is 11.7 Å². The van der Waals surface area contributed by atoms with Crippen molar-refractivity contribution in [1.29, 1.82) is 0 Å². The van der Waals surface area contributed by atoms with Gasteiger partial charge in [0.25, 0.3) is 0 Å². The molecule has 0 bridgehead atoms. The van der Waals surface area contributed by atoms with Crippen LogP contribution < -0.4 is 5.73 Å². The zero-order valence-electron chi connectivity index (χ0n) is 10.9. The number of ether oxygens (including phenoxy) is 1. The summed E-state index contributed by atoms with van der Waals surface area (Å²) in [4.78, 5) is 5.65. The quantitative estimate of drug-likeness (QED) is 0.745. The smallest absolute Gasteiger partial charge is 0.140 e. The van der Waals surface area contributed by atoms with E-state index in [4.69, 9.17) is 10.5 Å². The van der Waals surface area contributed by atoms with Crippen molar-refractivity contribution in [2.75, 3.05) is 12.8 Å². The molecule has 0 radical (unpaired) electrons. The van der Waals surface area contributed by atoms with Gasteiger partial charge < -0.3 is 15.0 Å². The van der Waals surface area contributed by atoms with Gasteiger partial charge in [0.2, 0.25) is 0 Å². The molecular weight excluding hydrogens is 258 g/mol. The number of fused-ring (bicyclic) bond motifs is 1. The van der Waals surface area contributed by atoms with Gasteiger partial charge in [-0.3, -0.25) is 0 Å². The third kappa shape index (κ3) is 2.01. The second-order valence-electron chi connectivity index (χ2n) is 4.44. The Morgan fingerprint density at radius 2 is 2.26 bits per heavy atom. The summed E-state index contributed by atoms with van der Waals surface area (Å²) >= 11 is 1.67. The largest absolute Gasteiger partial charge is 0.397 e. The van der Waals surface area contributed by atoms with E-state index in [1.807, 2.05) is 18.3 Å². The molecule has 0 amide bonds. The van der Waals surface area contributed by atoms with Crippen LogP contribution in [-0.4, -0.2) is 16.7 Å². The van der Waals surface area contributed by atoms with E-state index in [0.29, 0.717) is 6.73 Å². The number of para-hydroxylation sites is 1. The molecule has 2 aromatic heterocycles. The van der Waals surface area contributed by atoms with Gasteiger partial charge >= 0.3 is 0 Å². The molecule has 3 aromatic rings. The average Bonchev–Trinajstić information content (AvgIpc) is 2.95. The fourth-order valence-electron chi connectivity index (χ4n) is 2.27. The summed E-state index contributed by atoms with van der Waals surface area (Å²) in [7, 11) is 1.68. The van der Waals surface area contributed by atoms with Crippen LogP contribution in [0, 0.1) is 6.92 Å². The van der Waals surface area contributed by atoms with Gasteiger partial charge in [-0.1, -0.05) is 12.1 Å². The number of nitrogen functional groups attached to an aromatic ring is 1. The van der Waals surface area contributed by atoms with Crippen LogP contribution >= 0.6 is 11.3 Å². The molecular formula is C14H15N3OS. The average molecular weight is 273 g/mol. The Labute approximate surface area is 115 Å². The van der Waals surface area contributed by atoms with Crippen LogP contribution in [-0.2, 0) is 11.5 Å². The number of nitrogens with zero attached hydrogens (tertiary/aromatic N) is 2. The molecule has 19 heavy (non-hydrogen) atoms. The van der Waals surface area contributed by atoms with Crippen molar-refractivity contribution >= 4 is 27.9 Å². The molecule has 0 saturated heterocycles. The summed E-state index contributed by atoms with van der Waals surface area (Å²) < 4.78 is 7.37. The summed E-state index contributed by atoms with van der Waals surface area (Å²) in [6.45, 7) is 2.52. The van der Waals surface area contributed by atoms with Crippen molar-refractivity contribution in [1.82, 2.24) is 9.55 Å². The Hall–Kier alpha value is -1.85. The molecule has 0 aliphatic carbocycles. The van der Waals surface area contributed by atoms with Gasteiger partial charge in [-0.2, -0.15) is 0 Å². The standard InChI is InChI=1S/C14H15N3OS/c1-9-7-16-14(19-9)12-6-10-4-3-5-11(15)13(10)17(12)8-18-2/h3-7H,8,15H2,1-2H3. The van der Waals surface area contributed by atoms with E-state index in [1.165, 1.54) is 4.88 Å². The van der Waals surface area contributed by atoms with Crippen molar-refractivity contribution in [2.45, 2.75) is 13.7 Å². The number of hydrogen-bond acceptors (Lipinski definition) is 4. The Bertz CT molecular complexity index is 729. The number of nitrogens with two attached hydrogens (primary N) is 1. The minimum Gasteiger partial charge on any atom is -0.397 e. The van der Waals surface area contributed by atoms with E-state index in [2.05, 4.69) is 28.6 Å². The first-order valence-corrected chi connectivity index (χ1v) is 6.82. The van der Waals surface area contributed by atoms with Crippen molar-refractivity contribution in [2.24, 2.45) is 0 Å². The maximum atomic E-state index is 6.09. The third-order valence-electron chi connectivity index (χ3n) is 3.05. The van der Waals surface area contributed by atoms with E-state index >= 15 is 0 Å². The van der Waals surface area contributed by atoms with Crippen LogP contribution in [0.2, 0.25) is 0 Å². The lowest BCUT2D eigenvalue weighted by Gasteiger charge is -2.09. The minimum atomic E-state index is 0.464. The molecule has 0 atom stereocenters. The number of aryl methyl sites for hydroxylation is 1. The number of benzene rings is 1. The lowest BCUT2D eigenvalue weighted by molar-refractivity contribution is 0.136. The highest BCUT2D eigenvalue weighted by Crippen LogP contribution is 2.33. The van der Waals surface area contributed by atoms with Crippen molar-refractivity contribution in [3.63, 3.8) is 0 Å². The van der Waals surface area contributed by atoms with E-state index in [-0.39, 0.29) is 0 Å².